The second-order valence-electron chi connectivity index (χ2n) is 6.41. The molecule has 0 heterocycles. The quantitative estimate of drug-likeness (QED) is 0.759. The van der Waals surface area contributed by atoms with Crippen molar-refractivity contribution in [3.63, 3.8) is 0 Å². The van der Waals surface area contributed by atoms with Gasteiger partial charge in [-0.3, -0.25) is 4.79 Å². The Morgan fingerprint density at radius 3 is 2.10 bits per heavy atom. The second kappa shape index (κ2) is 6.42. The Balaban J connectivity index is 2.68. The van der Waals surface area contributed by atoms with Crippen LogP contribution in [0.3, 0.4) is 0 Å². The third-order valence-electron chi connectivity index (χ3n) is 3.04. The van der Waals surface area contributed by atoms with E-state index in [0.29, 0.717) is 0 Å². The molecule has 1 unspecified atom stereocenters. The van der Waals surface area contributed by atoms with E-state index in [1.54, 1.807) is 45.0 Å². The van der Waals surface area contributed by atoms with Crippen LogP contribution in [0.5, 0.6) is 0 Å². The van der Waals surface area contributed by atoms with Gasteiger partial charge in [-0.1, -0.05) is 51.1 Å². The zero-order valence-corrected chi connectivity index (χ0v) is 12.1. The average Bonchev–Trinajstić information content (AvgIpc) is 2.26. The number of alkyl halides is 3. The first kappa shape index (κ1) is 16.7. The smallest absolute Gasteiger partial charge is 0.299 e. The summed E-state index contributed by atoms with van der Waals surface area (Å²) in [5, 5.41) is 0. The maximum atomic E-state index is 13.0. The van der Waals surface area contributed by atoms with Gasteiger partial charge in [-0.15, -0.1) is 0 Å². The molecular weight excluding hydrogens is 265 g/mol. The summed E-state index contributed by atoms with van der Waals surface area (Å²) in [5.41, 5.74) is 0.307. The fraction of sp³-hybridized carbons (Fsp3) is 0.562. The zero-order valence-electron chi connectivity index (χ0n) is 12.1. The van der Waals surface area contributed by atoms with E-state index in [1.807, 2.05) is 6.07 Å². The SMILES string of the molecule is CC(C)(C)CC(CC(=O)Cc1ccccc1)C(F)(F)F. The van der Waals surface area contributed by atoms with Crippen molar-refractivity contribution in [2.45, 2.75) is 46.2 Å². The molecule has 1 aromatic rings. The highest BCUT2D eigenvalue weighted by molar-refractivity contribution is 5.81. The number of ketones is 1. The molecule has 0 aliphatic rings. The third kappa shape index (κ3) is 6.22. The number of Topliss-reactive ketones (excluding diaryl/α,β-unsaturated/α-hetero) is 1. The number of carbonyl (C=O) groups is 1. The van der Waals surface area contributed by atoms with Gasteiger partial charge in [0.2, 0.25) is 0 Å². The van der Waals surface area contributed by atoms with Gasteiger partial charge >= 0.3 is 6.18 Å². The molecule has 0 bridgehead atoms. The predicted octanol–water partition coefficient (Wildman–Crippen LogP) is 4.80. The normalized spacial score (nSPS) is 14.1. The van der Waals surface area contributed by atoms with Crippen molar-refractivity contribution >= 4 is 5.78 Å². The maximum absolute atomic E-state index is 13.0. The van der Waals surface area contributed by atoms with E-state index in [9.17, 15) is 18.0 Å². The van der Waals surface area contributed by atoms with Gasteiger partial charge in [-0.25, -0.2) is 0 Å². The van der Waals surface area contributed by atoms with E-state index in [2.05, 4.69) is 0 Å². The number of carbonyl (C=O) groups excluding carboxylic acids is 1. The molecule has 4 heteroatoms. The van der Waals surface area contributed by atoms with Gasteiger partial charge < -0.3 is 0 Å². The summed E-state index contributed by atoms with van der Waals surface area (Å²) in [5.74, 6) is -1.92. The third-order valence-corrected chi connectivity index (χ3v) is 3.04. The first-order chi connectivity index (χ1) is 9.08. The average molecular weight is 286 g/mol. The van der Waals surface area contributed by atoms with Gasteiger partial charge in [0.25, 0.3) is 0 Å². The van der Waals surface area contributed by atoms with E-state index < -0.39 is 23.9 Å². The van der Waals surface area contributed by atoms with E-state index >= 15 is 0 Å². The molecule has 0 aliphatic heterocycles. The summed E-state index contributed by atoms with van der Waals surface area (Å²) in [6.07, 6.45) is -4.72. The Bertz CT molecular complexity index is 429. The Kier molecular flexibility index (Phi) is 5.37. The van der Waals surface area contributed by atoms with Gasteiger partial charge in [0, 0.05) is 12.8 Å². The summed E-state index contributed by atoms with van der Waals surface area (Å²) in [6.45, 7) is 5.27. The molecule has 1 rings (SSSR count). The molecular formula is C16H21F3O. The molecule has 1 aromatic carbocycles. The van der Waals surface area contributed by atoms with Crippen LogP contribution in [0.2, 0.25) is 0 Å². The highest BCUT2D eigenvalue weighted by Crippen LogP contribution is 2.38. The topological polar surface area (TPSA) is 17.1 Å². The molecule has 0 radical (unpaired) electrons. The first-order valence-corrected chi connectivity index (χ1v) is 6.70. The maximum Gasteiger partial charge on any atom is 0.392 e. The van der Waals surface area contributed by atoms with Crippen LogP contribution in [0.15, 0.2) is 30.3 Å². The van der Waals surface area contributed by atoms with Crippen molar-refractivity contribution in [3.8, 4) is 0 Å². The van der Waals surface area contributed by atoms with Gasteiger partial charge in [0.05, 0.1) is 5.92 Å². The fourth-order valence-electron chi connectivity index (χ4n) is 2.21. The van der Waals surface area contributed by atoms with Crippen LogP contribution in [0, 0.1) is 11.3 Å². The molecule has 1 nitrogen and oxygen atoms in total. The summed E-state index contributed by atoms with van der Waals surface area (Å²) in [7, 11) is 0. The molecule has 0 aliphatic carbocycles. The first-order valence-electron chi connectivity index (χ1n) is 6.70. The van der Waals surface area contributed by atoms with E-state index in [4.69, 9.17) is 0 Å². The largest absolute Gasteiger partial charge is 0.392 e. The van der Waals surface area contributed by atoms with Crippen molar-refractivity contribution in [3.05, 3.63) is 35.9 Å². The van der Waals surface area contributed by atoms with Crippen LogP contribution in [-0.4, -0.2) is 12.0 Å². The van der Waals surface area contributed by atoms with E-state index in [-0.39, 0.29) is 18.6 Å². The highest BCUT2D eigenvalue weighted by atomic mass is 19.4. The molecule has 0 amide bonds. The molecule has 0 N–H and O–H groups in total. The molecule has 1 atom stereocenters. The van der Waals surface area contributed by atoms with E-state index in [1.165, 1.54) is 0 Å². The summed E-state index contributed by atoms with van der Waals surface area (Å²) in [4.78, 5) is 11.9. The van der Waals surface area contributed by atoms with Crippen LogP contribution in [0.25, 0.3) is 0 Å². The molecule has 0 spiro atoms. The van der Waals surface area contributed by atoms with Gasteiger partial charge in [0.1, 0.15) is 5.78 Å². The van der Waals surface area contributed by atoms with Crippen molar-refractivity contribution < 1.29 is 18.0 Å². The molecule has 0 fully saturated rings. The number of hydrogen-bond donors (Lipinski definition) is 0. The molecule has 20 heavy (non-hydrogen) atoms. The van der Waals surface area contributed by atoms with Crippen LogP contribution >= 0.6 is 0 Å². The van der Waals surface area contributed by atoms with Crippen molar-refractivity contribution in [2.24, 2.45) is 11.3 Å². The number of benzene rings is 1. The lowest BCUT2D eigenvalue weighted by Gasteiger charge is -2.27. The number of hydrogen-bond acceptors (Lipinski definition) is 1. The van der Waals surface area contributed by atoms with Gasteiger partial charge in [-0.05, 0) is 17.4 Å². The minimum absolute atomic E-state index is 0.0307. The number of halogens is 3. The lowest BCUT2D eigenvalue weighted by atomic mass is 9.81. The Morgan fingerprint density at radius 1 is 1.10 bits per heavy atom. The lowest BCUT2D eigenvalue weighted by Crippen LogP contribution is -2.30. The predicted molar refractivity (Wildman–Crippen MR) is 73.4 cm³/mol. The Morgan fingerprint density at radius 2 is 1.65 bits per heavy atom. The summed E-state index contributed by atoms with van der Waals surface area (Å²) >= 11 is 0. The van der Waals surface area contributed by atoms with Crippen molar-refractivity contribution in [2.75, 3.05) is 0 Å². The van der Waals surface area contributed by atoms with Gasteiger partial charge in [0.15, 0.2) is 0 Å². The standard InChI is InChI=1S/C16H21F3O/c1-15(2,3)11-13(16(17,18)19)10-14(20)9-12-7-5-4-6-8-12/h4-8,13H,9-11H2,1-3H3. The Labute approximate surface area is 118 Å². The minimum Gasteiger partial charge on any atom is -0.299 e. The van der Waals surface area contributed by atoms with Crippen LogP contribution in [-0.2, 0) is 11.2 Å². The summed E-state index contributed by atoms with van der Waals surface area (Å²) in [6, 6.07) is 8.87. The minimum atomic E-state index is -4.32. The Hall–Kier alpha value is -1.32. The van der Waals surface area contributed by atoms with Crippen LogP contribution < -0.4 is 0 Å². The van der Waals surface area contributed by atoms with Crippen LogP contribution in [0.4, 0.5) is 13.2 Å². The van der Waals surface area contributed by atoms with Gasteiger partial charge in [-0.2, -0.15) is 13.2 Å². The zero-order chi connectivity index (χ0) is 15.4. The van der Waals surface area contributed by atoms with E-state index in [0.717, 1.165) is 5.56 Å². The molecule has 0 saturated carbocycles. The molecule has 0 saturated heterocycles. The monoisotopic (exact) mass is 286 g/mol. The number of rotatable bonds is 5. The lowest BCUT2D eigenvalue weighted by molar-refractivity contribution is -0.185. The highest BCUT2D eigenvalue weighted by Gasteiger charge is 2.42. The summed E-state index contributed by atoms with van der Waals surface area (Å²) < 4.78 is 39.0. The van der Waals surface area contributed by atoms with Crippen molar-refractivity contribution in [1.82, 2.24) is 0 Å². The second-order valence-corrected chi connectivity index (χ2v) is 6.41. The molecule has 112 valence electrons. The van der Waals surface area contributed by atoms with Crippen LogP contribution in [0.1, 0.15) is 39.2 Å². The fourth-order valence-corrected chi connectivity index (χ4v) is 2.21. The van der Waals surface area contributed by atoms with Crippen molar-refractivity contribution in [1.29, 1.82) is 0 Å². The molecule has 0 aromatic heterocycles.